The Bertz CT molecular complexity index is 915. The van der Waals surface area contributed by atoms with E-state index in [-0.39, 0.29) is 18.6 Å². The Morgan fingerprint density at radius 2 is 1.87 bits per heavy atom. The van der Waals surface area contributed by atoms with Crippen molar-refractivity contribution in [2.45, 2.75) is 26.3 Å². The van der Waals surface area contributed by atoms with E-state index in [9.17, 15) is 14.4 Å². The topological polar surface area (TPSA) is 109 Å². The fourth-order valence-corrected chi connectivity index (χ4v) is 2.30. The summed E-state index contributed by atoms with van der Waals surface area (Å²) in [5, 5.41) is 9.58. The van der Waals surface area contributed by atoms with Crippen LogP contribution in [0.4, 0.5) is 5.69 Å². The highest BCUT2D eigenvalue weighted by molar-refractivity contribution is 6.35. The number of benzene rings is 2. The molecule has 0 aromatic heterocycles. The number of carbonyl (C=O) groups excluding carboxylic acids is 3. The molecule has 0 aliphatic carbocycles. The van der Waals surface area contributed by atoms with Crippen LogP contribution in [0.5, 0.6) is 5.75 Å². The number of hydrazone groups is 1. The molecule has 0 aliphatic rings. The summed E-state index contributed by atoms with van der Waals surface area (Å²) in [7, 11) is 0. The van der Waals surface area contributed by atoms with Crippen LogP contribution in [0.1, 0.15) is 25.8 Å². The standard InChI is InChI=1S/C21H23ClN4O4/c1-3-14(2)24-20(28)21(29)26-23-12-15-5-4-6-18(11-15)30-13-19(27)25-17-9-7-16(22)8-10-17/h4-12,14H,3,13H2,1-2H3,(H,24,28)(H,25,27)(H,26,29)/b23-12-/t14-/m1/s1. The van der Waals surface area contributed by atoms with Crippen molar-refractivity contribution in [3.8, 4) is 5.75 Å². The van der Waals surface area contributed by atoms with Gasteiger partial charge in [-0.15, -0.1) is 0 Å². The maximum Gasteiger partial charge on any atom is 0.329 e. The Morgan fingerprint density at radius 1 is 1.13 bits per heavy atom. The average Bonchev–Trinajstić information content (AvgIpc) is 2.74. The first-order chi connectivity index (χ1) is 14.4. The van der Waals surface area contributed by atoms with Crippen molar-refractivity contribution < 1.29 is 19.1 Å². The second kappa shape index (κ2) is 11.6. The van der Waals surface area contributed by atoms with Crippen LogP contribution in [0.15, 0.2) is 53.6 Å². The molecular weight excluding hydrogens is 408 g/mol. The number of nitrogens with zero attached hydrogens (tertiary/aromatic N) is 1. The largest absolute Gasteiger partial charge is 0.484 e. The molecule has 2 rings (SSSR count). The minimum Gasteiger partial charge on any atom is -0.484 e. The highest BCUT2D eigenvalue weighted by Crippen LogP contribution is 2.14. The van der Waals surface area contributed by atoms with Gasteiger partial charge in [0.05, 0.1) is 6.21 Å². The Kier molecular flexibility index (Phi) is 8.83. The Balaban J connectivity index is 1.83. The number of ether oxygens (including phenoxy) is 1. The minimum atomic E-state index is -0.849. The van der Waals surface area contributed by atoms with Crippen LogP contribution in [0, 0.1) is 0 Å². The van der Waals surface area contributed by atoms with E-state index in [2.05, 4.69) is 21.2 Å². The summed E-state index contributed by atoms with van der Waals surface area (Å²) < 4.78 is 5.47. The normalized spacial score (nSPS) is 11.6. The lowest BCUT2D eigenvalue weighted by Crippen LogP contribution is -2.41. The zero-order valence-corrected chi connectivity index (χ0v) is 17.4. The molecule has 0 unspecified atom stereocenters. The molecule has 0 radical (unpaired) electrons. The van der Waals surface area contributed by atoms with E-state index in [1.54, 1.807) is 55.5 Å². The van der Waals surface area contributed by atoms with E-state index < -0.39 is 11.8 Å². The third-order valence-electron chi connectivity index (χ3n) is 3.93. The van der Waals surface area contributed by atoms with E-state index in [4.69, 9.17) is 16.3 Å². The molecule has 9 heteroatoms. The smallest absolute Gasteiger partial charge is 0.329 e. The van der Waals surface area contributed by atoms with Gasteiger partial charge in [-0.3, -0.25) is 14.4 Å². The fourth-order valence-electron chi connectivity index (χ4n) is 2.17. The third kappa shape index (κ3) is 7.92. The predicted molar refractivity (Wildman–Crippen MR) is 116 cm³/mol. The maximum absolute atomic E-state index is 12.0. The molecule has 158 valence electrons. The number of hydrogen-bond acceptors (Lipinski definition) is 5. The molecule has 0 fully saturated rings. The summed E-state index contributed by atoms with van der Waals surface area (Å²) in [6, 6.07) is 13.4. The van der Waals surface area contributed by atoms with E-state index in [0.29, 0.717) is 28.4 Å². The number of anilines is 1. The van der Waals surface area contributed by atoms with Gasteiger partial charge in [-0.25, -0.2) is 5.43 Å². The number of hydrogen-bond donors (Lipinski definition) is 3. The first-order valence-electron chi connectivity index (χ1n) is 9.29. The lowest BCUT2D eigenvalue weighted by molar-refractivity contribution is -0.139. The quantitative estimate of drug-likeness (QED) is 0.340. The summed E-state index contributed by atoms with van der Waals surface area (Å²) in [6.45, 7) is 3.52. The third-order valence-corrected chi connectivity index (χ3v) is 4.18. The van der Waals surface area contributed by atoms with Gasteiger partial charge in [-0.05, 0) is 55.3 Å². The first kappa shape index (κ1) is 22.9. The molecule has 2 aromatic carbocycles. The highest BCUT2D eigenvalue weighted by Gasteiger charge is 2.14. The van der Waals surface area contributed by atoms with Crippen molar-refractivity contribution in [3.05, 3.63) is 59.1 Å². The van der Waals surface area contributed by atoms with Gasteiger partial charge in [-0.2, -0.15) is 5.10 Å². The molecule has 3 amide bonds. The van der Waals surface area contributed by atoms with Crippen molar-refractivity contribution in [1.82, 2.24) is 10.7 Å². The van der Waals surface area contributed by atoms with E-state index in [1.165, 1.54) is 6.21 Å². The monoisotopic (exact) mass is 430 g/mol. The lowest BCUT2D eigenvalue weighted by atomic mass is 10.2. The molecule has 30 heavy (non-hydrogen) atoms. The molecular formula is C21H23ClN4O4. The summed E-state index contributed by atoms with van der Waals surface area (Å²) in [5.74, 6) is -1.47. The van der Waals surface area contributed by atoms with Gasteiger partial charge in [0.15, 0.2) is 6.61 Å². The fraction of sp³-hybridized carbons (Fsp3) is 0.238. The molecule has 0 saturated carbocycles. The van der Waals surface area contributed by atoms with Gasteiger partial charge in [0.2, 0.25) is 0 Å². The van der Waals surface area contributed by atoms with E-state index in [1.807, 2.05) is 6.92 Å². The highest BCUT2D eigenvalue weighted by atomic mass is 35.5. The lowest BCUT2D eigenvalue weighted by Gasteiger charge is -2.09. The van der Waals surface area contributed by atoms with Crippen LogP contribution in [0.3, 0.4) is 0 Å². The summed E-state index contributed by atoms with van der Waals surface area (Å²) >= 11 is 5.81. The van der Waals surface area contributed by atoms with Crippen molar-refractivity contribution in [3.63, 3.8) is 0 Å². The Hall–Kier alpha value is -3.39. The second-order valence-electron chi connectivity index (χ2n) is 6.40. The molecule has 8 nitrogen and oxygen atoms in total. The minimum absolute atomic E-state index is 0.0991. The first-order valence-corrected chi connectivity index (χ1v) is 9.67. The van der Waals surface area contributed by atoms with Gasteiger partial charge in [-0.1, -0.05) is 30.7 Å². The molecule has 2 aromatic rings. The van der Waals surface area contributed by atoms with Crippen molar-refractivity contribution >= 4 is 41.2 Å². The summed E-state index contributed by atoms with van der Waals surface area (Å²) in [4.78, 5) is 35.3. The predicted octanol–water partition coefficient (Wildman–Crippen LogP) is 2.72. The molecule has 0 spiro atoms. The number of carbonyl (C=O) groups is 3. The second-order valence-corrected chi connectivity index (χ2v) is 6.83. The summed E-state index contributed by atoms with van der Waals surface area (Å²) in [6.07, 6.45) is 2.09. The van der Waals surface area contributed by atoms with Crippen molar-refractivity contribution in [2.75, 3.05) is 11.9 Å². The average molecular weight is 431 g/mol. The van der Waals surface area contributed by atoms with Crippen molar-refractivity contribution in [2.24, 2.45) is 5.10 Å². The van der Waals surface area contributed by atoms with Crippen LogP contribution in [-0.2, 0) is 14.4 Å². The number of nitrogens with one attached hydrogen (secondary N) is 3. The Morgan fingerprint density at radius 3 is 2.57 bits per heavy atom. The van der Waals surface area contributed by atoms with Gasteiger partial charge < -0.3 is 15.4 Å². The molecule has 1 atom stereocenters. The molecule has 0 saturated heterocycles. The van der Waals surface area contributed by atoms with E-state index >= 15 is 0 Å². The molecule has 0 bridgehead atoms. The zero-order chi connectivity index (χ0) is 21.9. The van der Waals surface area contributed by atoms with Crippen LogP contribution in [0.2, 0.25) is 5.02 Å². The number of rotatable bonds is 8. The maximum atomic E-state index is 12.0. The summed E-state index contributed by atoms with van der Waals surface area (Å²) in [5.41, 5.74) is 3.40. The van der Waals surface area contributed by atoms with Crippen LogP contribution >= 0.6 is 11.6 Å². The number of amides is 3. The zero-order valence-electron chi connectivity index (χ0n) is 16.6. The Labute approximate surface area is 179 Å². The molecule has 0 aliphatic heterocycles. The van der Waals surface area contributed by atoms with Gasteiger partial charge >= 0.3 is 11.8 Å². The van der Waals surface area contributed by atoms with E-state index in [0.717, 1.165) is 0 Å². The SMILES string of the molecule is CC[C@@H](C)NC(=O)C(=O)N/N=C\c1cccc(OCC(=O)Nc2ccc(Cl)cc2)c1. The van der Waals surface area contributed by atoms with Gasteiger partial charge in [0.25, 0.3) is 5.91 Å². The molecule has 0 heterocycles. The van der Waals surface area contributed by atoms with Gasteiger partial charge in [0, 0.05) is 16.8 Å². The molecule has 3 N–H and O–H groups in total. The van der Waals surface area contributed by atoms with Gasteiger partial charge in [0.1, 0.15) is 5.75 Å². The van der Waals surface area contributed by atoms with Crippen LogP contribution in [0.25, 0.3) is 0 Å². The number of halogens is 1. The van der Waals surface area contributed by atoms with Crippen molar-refractivity contribution in [1.29, 1.82) is 0 Å². The van der Waals surface area contributed by atoms with Crippen LogP contribution < -0.4 is 20.8 Å². The van der Waals surface area contributed by atoms with Crippen LogP contribution in [-0.4, -0.2) is 36.6 Å².